The fraction of sp³-hybridized carbons (Fsp3) is 0.150. The van der Waals surface area contributed by atoms with E-state index >= 15 is 0 Å². The van der Waals surface area contributed by atoms with Gasteiger partial charge in [0.25, 0.3) is 5.91 Å². The Balaban J connectivity index is 1.86. The number of nitrogens with zero attached hydrogens (tertiary/aromatic N) is 1. The Kier molecular flexibility index (Phi) is 6.50. The molecule has 0 spiro atoms. The first-order chi connectivity index (χ1) is 14.3. The van der Waals surface area contributed by atoms with Crippen LogP contribution >= 0.6 is 27.5 Å². The molecule has 0 unspecified atom stereocenters. The fourth-order valence-electron chi connectivity index (χ4n) is 2.65. The maximum absolute atomic E-state index is 12.7. The molecule has 1 aliphatic heterocycles. The van der Waals surface area contributed by atoms with Crippen molar-refractivity contribution in [1.29, 1.82) is 0 Å². The van der Waals surface area contributed by atoms with Crippen molar-refractivity contribution in [2.45, 2.75) is 6.54 Å². The number of carbonyl (C=O) groups excluding carboxylic acids is 3. The highest BCUT2D eigenvalue weighted by molar-refractivity contribution is 9.10. The first kappa shape index (κ1) is 21.5. The van der Waals surface area contributed by atoms with E-state index in [-0.39, 0.29) is 30.4 Å². The largest absolute Gasteiger partial charge is 0.479 e. The van der Waals surface area contributed by atoms with Crippen molar-refractivity contribution in [2.24, 2.45) is 0 Å². The van der Waals surface area contributed by atoms with Gasteiger partial charge in [0, 0.05) is 10.6 Å². The molecular formula is C20H14BrClN2O6. The Morgan fingerprint density at radius 1 is 1.40 bits per heavy atom. The number of carbonyl (C=O) groups is 3. The molecule has 154 valence electrons. The highest BCUT2D eigenvalue weighted by atomic mass is 79.9. The van der Waals surface area contributed by atoms with Crippen molar-refractivity contribution in [3.05, 3.63) is 56.5 Å². The monoisotopic (exact) mass is 492 g/mol. The number of imide groups is 1. The smallest absolute Gasteiger partial charge is 0.373 e. The number of benzene rings is 1. The normalized spacial score (nSPS) is 14.6. The van der Waals surface area contributed by atoms with Gasteiger partial charge in [0.1, 0.15) is 23.8 Å². The van der Waals surface area contributed by atoms with Crippen LogP contribution in [0.2, 0.25) is 5.02 Å². The summed E-state index contributed by atoms with van der Waals surface area (Å²) in [6.07, 6.45) is 6.68. The van der Waals surface area contributed by atoms with Gasteiger partial charge in [-0.3, -0.25) is 9.69 Å². The van der Waals surface area contributed by atoms with Crippen LogP contribution in [-0.2, 0) is 16.1 Å². The molecule has 0 radical (unpaired) electrons. The van der Waals surface area contributed by atoms with Crippen molar-refractivity contribution in [2.75, 3.05) is 13.7 Å². The third kappa shape index (κ3) is 4.50. The van der Waals surface area contributed by atoms with E-state index < -0.39 is 17.9 Å². The van der Waals surface area contributed by atoms with Gasteiger partial charge in [0.05, 0.1) is 18.1 Å². The summed E-state index contributed by atoms with van der Waals surface area (Å²) in [7, 11) is 1.22. The Labute approximate surface area is 184 Å². The number of halogens is 2. The van der Waals surface area contributed by atoms with E-state index in [0.717, 1.165) is 4.90 Å². The number of terminal acetylenes is 1. The van der Waals surface area contributed by atoms with Crippen molar-refractivity contribution in [3.63, 3.8) is 0 Å². The summed E-state index contributed by atoms with van der Waals surface area (Å²) in [6, 6.07) is 5.42. The lowest BCUT2D eigenvalue weighted by atomic mass is 10.1. The lowest BCUT2D eigenvalue weighted by Gasteiger charge is -2.11. The van der Waals surface area contributed by atoms with Crippen LogP contribution in [0.25, 0.3) is 6.08 Å². The van der Waals surface area contributed by atoms with E-state index in [1.807, 2.05) is 0 Å². The molecule has 0 atom stereocenters. The molecule has 1 saturated heterocycles. The van der Waals surface area contributed by atoms with Crippen molar-refractivity contribution < 1.29 is 28.3 Å². The lowest BCUT2D eigenvalue weighted by Crippen LogP contribution is -2.30. The van der Waals surface area contributed by atoms with Crippen LogP contribution in [0.3, 0.4) is 0 Å². The molecule has 2 heterocycles. The molecule has 1 N–H and O–H groups in total. The summed E-state index contributed by atoms with van der Waals surface area (Å²) in [5.74, 6) is 1.69. The molecule has 0 aliphatic carbocycles. The summed E-state index contributed by atoms with van der Waals surface area (Å²) in [6.45, 7) is -0.164. The van der Waals surface area contributed by atoms with Gasteiger partial charge in [0.15, 0.2) is 0 Å². The van der Waals surface area contributed by atoms with Crippen LogP contribution in [-0.4, -0.2) is 36.5 Å². The average molecular weight is 494 g/mol. The molecule has 1 aromatic heterocycles. The number of rotatable bonds is 6. The number of methoxy groups -OCH3 is 1. The molecule has 10 heteroatoms. The number of hydrogen-bond donors (Lipinski definition) is 1. The topological polar surface area (TPSA) is 98.1 Å². The fourth-order valence-corrected chi connectivity index (χ4v) is 3.60. The average Bonchev–Trinajstić information content (AvgIpc) is 3.27. The SMILES string of the molecule is C#CCOc1c(Br)cc(Cl)cc1C=C1NC(=O)N(Cc2ccc(C(=O)OC)o2)C1=O. The van der Waals surface area contributed by atoms with Crippen LogP contribution in [0.15, 0.2) is 38.9 Å². The second kappa shape index (κ2) is 9.07. The molecule has 8 nitrogen and oxygen atoms in total. The van der Waals surface area contributed by atoms with E-state index in [1.165, 1.54) is 25.3 Å². The molecule has 0 bridgehead atoms. The first-order valence-corrected chi connectivity index (χ1v) is 9.58. The van der Waals surface area contributed by atoms with E-state index in [2.05, 4.69) is 31.9 Å². The number of amides is 3. The zero-order valence-corrected chi connectivity index (χ0v) is 17.9. The third-order valence-corrected chi connectivity index (χ3v) is 4.77. The number of furan rings is 1. The van der Waals surface area contributed by atoms with Gasteiger partial charge in [-0.15, -0.1) is 6.42 Å². The second-order valence-corrected chi connectivity index (χ2v) is 7.23. The maximum atomic E-state index is 12.7. The third-order valence-electron chi connectivity index (χ3n) is 3.96. The van der Waals surface area contributed by atoms with Gasteiger partial charge in [-0.05, 0) is 46.3 Å². The Morgan fingerprint density at radius 2 is 2.17 bits per heavy atom. The first-order valence-electron chi connectivity index (χ1n) is 8.41. The number of ether oxygens (including phenoxy) is 2. The molecule has 1 aromatic carbocycles. The van der Waals surface area contributed by atoms with E-state index in [0.29, 0.717) is 20.8 Å². The minimum atomic E-state index is -0.662. The van der Waals surface area contributed by atoms with Crippen LogP contribution in [0.4, 0.5) is 4.79 Å². The zero-order valence-electron chi connectivity index (χ0n) is 15.5. The van der Waals surface area contributed by atoms with Crippen LogP contribution in [0.5, 0.6) is 5.75 Å². The number of esters is 1. The van der Waals surface area contributed by atoms with Gasteiger partial charge < -0.3 is 19.2 Å². The second-order valence-electron chi connectivity index (χ2n) is 5.94. The molecule has 30 heavy (non-hydrogen) atoms. The minimum Gasteiger partial charge on any atom is -0.479 e. The van der Waals surface area contributed by atoms with E-state index in [9.17, 15) is 14.4 Å². The molecule has 2 aromatic rings. The Morgan fingerprint density at radius 3 is 2.87 bits per heavy atom. The molecule has 3 rings (SSSR count). The van der Waals surface area contributed by atoms with E-state index in [4.69, 9.17) is 27.2 Å². The van der Waals surface area contributed by atoms with E-state index in [1.54, 1.807) is 12.1 Å². The highest BCUT2D eigenvalue weighted by Crippen LogP contribution is 2.34. The standard InChI is InChI=1S/C20H14BrClN2O6/c1-3-6-29-17-11(7-12(22)9-14(17)21)8-15-18(25)24(20(27)23-15)10-13-4-5-16(30-13)19(26)28-2/h1,4-5,7-9H,6,10H2,2H3,(H,23,27). The van der Waals surface area contributed by atoms with Crippen molar-refractivity contribution in [1.82, 2.24) is 10.2 Å². The predicted molar refractivity (Wildman–Crippen MR) is 111 cm³/mol. The summed E-state index contributed by atoms with van der Waals surface area (Å²) in [5, 5.41) is 2.89. The van der Waals surface area contributed by atoms with Gasteiger partial charge in [-0.2, -0.15) is 0 Å². The molecule has 1 fully saturated rings. The van der Waals surface area contributed by atoms with Crippen LogP contribution in [0.1, 0.15) is 21.9 Å². The van der Waals surface area contributed by atoms with Crippen molar-refractivity contribution in [3.8, 4) is 18.1 Å². The van der Waals surface area contributed by atoms with Gasteiger partial charge in [0.2, 0.25) is 5.76 Å². The van der Waals surface area contributed by atoms with Crippen LogP contribution < -0.4 is 10.1 Å². The summed E-state index contributed by atoms with van der Waals surface area (Å²) < 4.78 is 15.9. The predicted octanol–water partition coefficient (Wildman–Crippen LogP) is 3.59. The summed E-state index contributed by atoms with van der Waals surface area (Å²) in [5.41, 5.74) is 0.459. The Bertz CT molecular complexity index is 1100. The molecule has 1 aliphatic rings. The van der Waals surface area contributed by atoms with Gasteiger partial charge in [-0.1, -0.05) is 17.5 Å². The van der Waals surface area contributed by atoms with Crippen LogP contribution in [0, 0.1) is 12.3 Å². The lowest BCUT2D eigenvalue weighted by molar-refractivity contribution is -0.123. The molecular weight excluding hydrogens is 480 g/mol. The summed E-state index contributed by atoms with van der Waals surface area (Å²) in [4.78, 5) is 37.5. The molecule has 3 amide bonds. The quantitative estimate of drug-likeness (QED) is 0.286. The Hall–Kier alpha value is -3.22. The number of nitrogens with one attached hydrogen (secondary N) is 1. The van der Waals surface area contributed by atoms with Gasteiger partial charge >= 0.3 is 12.0 Å². The minimum absolute atomic E-state index is 0.00383. The zero-order chi connectivity index (χ0) is 21.8. The molecule has 0 saturated carbocycles. The maximum Gasteiger partial charge on any atom is 0.373 e. The van der Waals surface area contributed by atoms with Crippen molar-refractivity contribution >= 4 is 51.5 Å². The highest BCUT2D eigenvalue weighted by Gasteiger charge is 2.34. The summed E-state index contributed by atoms with van der Waals surface area (Å²) >= 11 is 9.43. The number of urea groups is 1. The van der Waals surface area contributed by atoms with Gasteiger partial charge in [-0.25, -0.2) is 9.59 Å². The number of hydrogen-bond acceptors (Lipinski definition) is 6.